The number of cyclic esters (lactones) is 1. The third kappa shape index (κ3) is 6.83. The number of halogens is 1. The maximum absolute atomic E-state index is 13.3. The molecule has 48 heavy (non-hydrogen) atoms. The summed E-state index contributed by atoms with van der Waals surface area (Å²) in [5.74, 6) is -0.965. The van der Waals surface area contributed by atoms with Crippen molar-refractivity contribution in [2.24, 2.45) is 22.7 Å². The van der Waals surface area contributed by atoms with Gasteiger partial charge in [-0.15, -0.1) is 0 Å². The summed E-state index contributed by atoms with van der Waals surface area (Å²) >= 11 is 3.48. The average molecular weight is 710 g/mol. The number of ether oxygens (including phenoxy) is 3. The molecule has 0 spiro atoms. The number of allylic oxidation sites excluding steroid dienone is 3. The minimum Gasteiger partial charge on any atom is -0.461 e. The van der Waals surface area contributed by atoms with Crippen molar-refractivity contribution < 1.29 is 28.6 Å². The zero-order valence-corrected chi connectivity index (χ0v) is 28.5. The van der Waals surface area contributed by atoms with E-state index in [1.54, 1.807) is 42.7 Å². The Morgan fingerprint density at radius 2 is 1.77 bits per heavy atom. The van der Waals surface area contributed by atoms with Gasteiger partial charge < -0.3 is 14.2 Å². The Balaban J connectivity index is 1.28. The highest BCUT2D eigenvalue weighted by molar-refractivity contribution is 9.10. The van der Waals surface area contributed by atoms with Gasteiger partial charge in [0.1, 0.15) is 18.5 Å². The molecule has 2 saturated carbocycles. The normalized spacial score (nSPS) is 27.7. The minimum atomic E-state index is -0.721. The number of hydrogen-bond acceptors (Lipinski definition) is 8. The fraction of sp³-hybridized carbons (Fsp3) is 0.308. The Bertz CT molecular complexity index is 1820. The predicted molar refractivity (Wildman–Crippen MR) is 184 cm³/mol. The Labute approximate surface area is 288 Å². The highest BCUT2D eigenvalue weighted by atomic mass is 79.9. The predicted octanol–water partition coefficient (Wildman–Crippen LogP) is 8.09. The van der Waals surface area contributed by atoms with E-state index in [1.165, 1.54) is 12.4 Å². The van der Waals surface area contributed by atoms with Crippen LogP contribution in [-0.2, 0) is 19.0 Å². The molecule has 2 aliphatic carbocycles. The van der Waals surface area contributed by atoms with Crippen LogP contribution in [0, 0.1) is 22.7 Å². The fourth-order valence-electron chi connectivity index (χ4n) is 7.67. The Morgan fingerprint density at radius 3 is 2.46 bits per heavy atom. The summed E-state index contributed by atoms with van der Waals surface area (Å²) in [6.45, 7) is 8.79. The number of hydrogen-bond donors (Lipinski definition) is 0. The Morgan fingerprint density at radius 1 is 1.04 bits per heavy atom. The average Bonchev–Trinajstić information content (AvgIpc) is 3.43. The minimum absolute atomic E-state index is 0.0104. The van der Waals surface area contributed by atoms with Gasteiger partial charge in [-0.05, 0) is 91.1 Å². The van der Waals surface area contributed by atoms with Crippen LogP contribution < -0.4 is 0 Å². The molecule has 3 aromatic rings. The molecule has 0 saturated heterocycles. The molecule has 0 N–H and O–H groups in total. The molecule has 0 radical (unpaired) electrons. The SMILES string of the molecule is C=C1CC[C@@H]2[C@](C)(COC(=O)c3cccnc3)[C@H](OC(=O)c3cccnc3)CC[C@@]2(C)[C@@H]1/C=C/C1=CC(=C\c2cccc(Br)c2)/OC1=O. The number of rotatable bonds is 8. The number of pyridine rings is 2. The van der Waals surface area contributed by atoms with E-state index in [9.17, 15) is 14.4 Å². The van der Waals surface area contributed by atoms with Gasteiger partial charge in [-0.2, -0.15) is 0 Å². The summed E-state index contributed by atoms with van der Waals surface area (Å²) < 4.78 is 18.7. The smallest absolute Gasteiger partial charge is 0.343 e. The second-order valence-electron chi connectivity index (χ2n) is 13.2. The maximum Gasteiger partial charge on any atom is 0.343 e. The van der Waals surface area contributed by atoms with Crippen LogP contribution in [0.1, 0.15) is 65.8 Å². The van der Waals surface area contributed by atoms with E-state index in [0.717, 1.165) is 34.9 Å². The van der Waals surface area contributed by atoms with Crippen molar-refractivity contribution >= 4 is 39.9 Å². The van der Waals surface area contributed by atoms with Gasteiger partial charge in [0.25, 0.3) is 0 Å². The van der Waals surface area contributed by atoms with Gasteiger partial charge in [0.05, 0.1) is 16.7 Å². The molecule has 2 aromatic heterocycles. The van der Waals surface area contributed by atoms with Gasteiger partial charge in [-0.1, -0.05) is 66.2 Å². The first kappa shape index (κ1) is 33.3. The molecule has 3 heterocycles. The molecule has 1 aromatic carbocycles. The van der Waals surface area contributed by atoms with E-state index in [4.69, 9.17) is 14.2 Å². The first-order valence-electron chi connectivity index (χ1n) is 16.0. The maximum atomic E-state index is 13.3. The lowest BCUT2D eigenvalue weighted by Crippen LogP contribution is -2.58. The zero-order chi connectivity index (χ0) is 33.9. The molecule has 9 heteroatoms. The molecule has 246 valence electrons. The summed E-state index contributed by atoms with van der Waals surface area (Å²) in [5.41, 5.74) is 2.12. The van der Waals surface area contributed by atoms with Crippen molar-refractivity contribution in [2.75, 3.05) is 6.61 Å². The van der Waals surface area contributed by atoms with Crippen molar-refractivity contribution in [2.45, 2.75) is 45.6 Å². The molecule has 6 rings (SSSR count). The van der Waals surface area contributed by atoms with E-state index >= 15 is 0 Å². The van der Waals surface area contributed by atoms with Gasteiger partial charge in [-0.25, -0.2) is 14.4 Å². The van der Waals surface area contributed by atoms with Crippen LogP contribution in [0.2, 0.25) is 0 Å². The van der Waals surface area contributed by atoms with Gasteiger partial charge in [0.15, 0.2) is 0 Å². The lowest BCUT2D eigenvalue weighted by atomic mass is 9.46. The number of carbonyl (C=O) groups is 3. The van der Waals surface area contributed by atoms with Crippen LogP contribution in [0.25, 0.3) is 6.08 Å². The number of aromatic nitrogens is 2. The largest absolute Gasteiger partial charge is 0.461 e. The lowest BCUT2D eigenvalue weighted by molar-refractivity contribution is -0.150. The molecule has 3 aliphatic rings. The topological polar surface area (TPSA) is 105 Å². The first-order valence-corrected chi connectivity index (χ1v) is 16.8. The quantitative estimate of drug-likeness (QED) is 0.131. The molecule has 0 unspecified atom stereocenters. The van der Waals surface area contributed by atoms with Crippen molar-refractivity contribution in [1.82, 2.24) is 9.97 Å². The van der Waals surface area contributed by atoms with Crippen LogP contribution in [0.4, 0.5) is 0 Å². The van der Waals surface area contributed by atoms with E-state index in [1.807, 2.05) is 36.4 Å². The van der Waals surface area contributed by atoms with Crippen LogP contribution >= 0.6 is 15.9 Å². The highest BCUT2D eigenvalue weighted by Gasteiger charge is 2.59. The van der Waals surface area contributed by atoms with Crippen LogP contribution in [0.5, 0.6) is 0 Å². The summed E-state index contributed by atoms with van der Waals surface area (Å²) in [6, 6.07) is 14.5. The number of benzene rings is 1. The first-order chi connectivity index (χ1) is 23.1. The molecule has 5 atom stereocenters. The van der Waals surface area contributed by atoms with Crippen LogP contribution in [-0.4, -0.2) is 40.6 Å². The van der Waals surface area contributed by atoms with E-state index in [0.29, 0.717) is 28.9 Å². The number of carbonyl (C=O) groups excluding carboxylic acids is 3. The molecule has 2 fully saturated rings. The number of fused-ring (bicyclic) bond motifs is 1. The van der Waals surface area contributed by atoms with Gasteiger partial charge in [0, 0.05) is 40.6 Å². The number of esters is 3. The third-order valence-corrected chi connectivity index (χ3v) is 10.6. The molecular weight excluding hydrogens is 672 g/mol. The van der Waals surface area contributed by atoms with Crippen LogP contribution in [0.15, 0.2) is 120 Å². The van der Waals surface area contributed by atoms with E-state index < -0.39 is 29.4 Å². The Kier molecular flexibility index (Phi) is 9.60. The van der Waals surface area contributed by atoms with Gasteiger partial charge in [0.2, 0.25) is 0 Å². The van der Waals surface area contributed by atoms with Gasteiger partial charge in [-0.3, -0.25) is 9.97 Å². The summed E-state index contributed by atoms with van der Waals surface area (Å²) in [4.78, 5) is 47.4. The summed E-state index contributed by atoms with van der Waals surface area (Å²) in [6.07, 6.45) is 15.9. The summed E-state index contributed by atoms with van der Waals surface area (Å²) in [7, 11) is 0. The zero-order valence-electron chi connectivity index (χ0n) is 26.9. The second kappa shape index (κ2) is 13.8. The second-order valence-corrected chi connectivity index (χ2v) is 14.1. The Hall–Kier alpha value is -4.63. The molecule has 0 amide bonds. The third-order valence-electron chi connectivity index (χ3n) is 10.1. The highest BCUT2D eigenvalue weighted by Crippen LogP contribution is 2.62. The number of nitrogens with zero attached hydrogens (tertiary/aromatic N) is 2. The van der Waals surface area contributed by atoms with Crippen molar-refractivity contribution in [3.8, 4) is 0 Å². The van der Waals surface area contributed by atoms with Crippen molar-refractivity contribution in [3.63, 3.8) is 0 Å². The van der Waals surface area contributed by atoms with Gasteiger partial charge >= 0.3 is 17.9 Å². The van der Waals surface area contributed by atoms with E-state index in [2.05, 4.69) is 52.4 Å². The van der Waals surface area contributed by atoms with Crippen LogP contribution in [0.3, 0.4) is 0 Å². The molecule has 1 aliphatic heterocycles. The van der Waals surface area contributed by atoms with Crippen molar-refractivity contribution in [3.05, 3.63) is 136 Å². The molecule has 8 nitrogen and oxygen atoms in total. The monoisotopic (exact) mass is 708 g/mol. The van der Waals surface area contributed by atoms with E-state index in [-0.39, 0.29) is 23.9 Å². The lowest BCUT2D eigenvalue weighted by Gasteiger charge is -2.59. The summed E-state index contributed by atoms with van der Waals surface area (Å²) in [5, 5.41) is 0. The standard InChI is InChI=1S/C39H37BrN2O6/c1-25-11-14-33-38(2,32(25)13-12-27-21-31(47-36(27)44)20-26-7-4-10-30(40)19-26)16-15-34(48-37(45)29-9-6-18-42-23-29)39(33,3)24-46-35(43)28-8-5-17-41-22-28/h4-10,12-13,17-23,32-34H,1,11,14-16,24H2,2-3H3/b13-12+,31-20+/t32-,33+,34-,38+,39+/m1/s1. The molecule has 0 bridgehead atoms. The fourth-order valence-corrected chi connectivity index (χ4v) is 8.09. The van der Waals surface area contributed by atoms with Crippen molar-refractivity contribution in [1.29, 1.82) is 0 Å². The molecular formula is C39H37BrN2O6.